The Morgan fingerprint density at radius 2 is 1.93 bits per heavy atom. The first kappa shape index (κ1) is 22.3. The zero-order valence-electron chi connectivity index (χ0n) is 17.4. The number of allylic oxidation sites excluding steroid dienone is 10. The van der Waals surface area contributed by atoms with Gasteiger partial charge >= 0.3 is 186 Å². The maximum absolute atomic E-state index is 7.20. The molecule has 0 radical (unpaired) electrons. The van der Waals surface area contributed by atoms with Crippen LogP contribution >= 0.6 is 17.2 Å². The van der Waals surface area contributed by atoms with Gasteiger partial charge in [0.1, 0.15) is 0 Å². The van der Waals surface area contributed by atoms with Crippen LogP contribution in [0.25, 0.3) is 0 Å². The predicted octanol–water partition coefficient (Wildman–Crippen LogP) is 7.73. The molecule has 0 fully saturated rings. The molecule has 3 atom stereocenters. The van der Waals surface area contributed by atoms with E-state index in [1.54, 1.807) is 9.92 Å². The Bertz CT molecular complexity index is 823. The molecule has 4 heteroatoms. The van der Waals surface area contributed by atoms with E-state index in [1.807, 2.05) is 0 Å². The molecule has 0 aliphatic heterocycles. The molecule has 0 heterocycles. The van der Waals surface area contributed by atoms with Gasteiger partial charge in [0.05, 0.1) is 0 Å². The minimum atomic E-state index is -2.97. The third-order valence-electron chi connectivity index (χ3n) is 6.87. The van der Waals surface area contributed by atoms with E-state index < -0.39 is 33.0 Å². The van der Waals surface area contributed by atoms with Crippen molar-refractivity contribution in [2.75, 3.05) is 0 Å². The summed E-state index contributed by atoms with van der Waals surface area (Å²) in [5.41, 5.74) is 6.14. The first-order valence-electron chi connectivity index (χ1n) is 10.1. The molecule has 0 nitrogen and oxygen atoms in total. The molecule has 3 unspecified atom stereocenters. The molecule has 0 aromatic carbocycles. The van der Waals surface area contributed by atoms with E-state index >= 15 is 0 Å². The SMILES string of the molecule is CCCC1(C)[C](=[Ge]([CH3])[CH3])C2=C(C=CC=C(C)C2C)[C]1(C1=CC=CC1)[Hf]([Cl])[Cl]. The van der Waals surface area contributed by atoms with Crippen LogP contribution in [0.4, 0.5) is 0 Å². The second kappa shape index (κ2) is 8.36. The van der Waals surface area contributed by atoms with Gasteiger partial charge in [-0.3, -0.25) is 0 Å². The van der Waals surface area contributed by atoms with Crippen LogP contribution in [-0.4, -0.2) is 18.3 Å². The van der Waals surface area contributed by atoms with Crippen LogP contribution in [0.1, 0.15) is 47.0 Å². The van der Waals surface area contributed by atoms with Gasteiger partial charge in [0.15, 0.2) is 0 Å². The summed E-state index contributed by atoms with van der Waals surface area (Å²) in [6.45, 7) is 9.52. The Hall–Kier alpha value is 0.563. The van der Waals surface area contributed by atoms with Gasteiger partial charge in [-0.25, -0.2) is 0 Å². The average molecular weight is 630 g/mol. The molecule has 27 heavy (non-hydrogen) atoms. The van der Waals surface area contributed by atoms with Crippen molar-refractivity contribution in [3.8, 4) is 0 Å². The summed E-state index contributed by atoms with van der Waals surface area (Å²) >= 11 is -4.34. The molecule has 3 rings (SSSR count). The summed E-state index contributed by atoms with van der Waals surface area (Å²) in [7, 11) is 14.4. The van der Waals surface area contributed by atoms with Crippen LogP contribution in [0.5, 0.6) is 0 Å². The summed E-state index contributed by atoms with van der Waals surface area (Å²) in [5.74, 6) is 5.51. The van der Waals surface area contributed by atoms with Crippen molar-refractivity contribution in [3.63, 3.8) is 0 Å². The van der Waals surface area contributed by atoms with Gasteiger partial charge in [0.2, 0.25) is 0 Å². The Morgan fingerprint density at radius 1 is 1.22 bits per heavy atom. The summed E-state index contributed by atoms with van der Waals surface area (Å²) in [4.78, 5) is 0. The molecule has 0 amide bonds. The van der Waals surface area contributed by atoms with E-state index in [4.69, 9.17) is 17.2 Å². The molecule has 0 N–H and O–H groups in total. The van der Waals surface area contributed by atoms with Gasteiger partial charge in [-0.15, -0.1) is 0 Å². The van der Waals surface area contributed by atoms with Gasteiger partial charge in [-0.2, -0.15) is 0 Å². The van der Waals surface area contributed by atoms with E-state index in [2.05, 4.69) is 75.7 Å². The second-order valence-corrected chi connectivity index (χ2v) is 26.2. The summed E-state index contributed by atoms with van der Waals surface area (Å²) in [5, 5.41) is 0. The van der Waals surface area contributed by atoms with Gasteiger partial charge in [-0.1, -0.05) is 0 Å². The third-order valence-corrected chi connectivity index (χ3v) is 21.5. The Kier molecular flexibility index (Phi) is 6.89. The fourth-order valence-electron chi connectivity index (χ4n) is 5.77. The van der Waals surface area contributed by atoms with Crippen LogP contribution in [-0.2, 0) is 19.1 Å². The van der Waals surface area contributed by atoms with Crippen LogP contribution in [0.3, 0.4) is 0 Å². The quantitative estimate of drug-likeness (QED) is 0.280. The maximum atomic E-state index is 7.20. The number of rotatable bonds is 4. The first-order valence-corrected chi connectivity index (χ1v) is 26.0. The van der Waals surface area contributed by atoms with E-state index in [0.717, 1.165) is 6.42 Å². The molecular formula is C23H31Cl2GeHf. The van der Waals surface area contributed by atoms with Gasteiger partial charge in [-0.05, 0) is 0 Å². The molecule has 0 aromatic rings. The zero-order chi connectivity index (χ0) is 20.0. The molecule has 145 valence electrons. The van der Waals surface area contributed by atoms with Crippen molar-refractivity contribution in [2.24, 2.45) is 11.3 Å². The van der Waals surface area contributed by atoms with Gasteiger partial charge in [0, 0.05) is 0 Å². The van der Waals surface area contributed by atoms with Crippen molar-refractivity contribution >= 4 is 35.4 Å². The molecule has 0 bridgehead atoms. The number of halogens is 2. The Morgan fingerprint density at radius 3 is 2.44 bits per heavy atom. The van der Waals surface area contributed by atoms with Crippen LogP contribution in [0.2, 0.25) is 14.7 Å². The normalized spacial score (nSPS) is 32.4. The van der Waals surface area contributed by atoms with Gasteiger partial charge < -0.3 is 0 Å². The average Bonchev–Trinajstić information content (AvgIpc) is 3.14. The number of hydrogen-bond donors (Lipinski definition) is 0. The molecule has 0 spiro atoms. The second-order valence-electron chi connectivity index (χ2n) is 8.61. The van der Waals surface area contributed by atoms with Crippen LogP contribution in [0.15, 0.2) is 58.7 Å². The summed E-state index contributed by atoms with van der Waals surface area (Å²) < 4.78 is 1.67. The van der Waals surface area contributed by atoms with Crippen molar-refractivity contribution < 1.29 is 19.1 Å². The molecule has 0 saturated heterocycles. The molecular weight excluding hydrogens is 598 g/mol. The Balaban J connectivity index is 2.45. The third kappa shape index (κ3) is 3.22. The molecule has 0 saturated carbocycles. The van der Waals surface area contributed by atoms with E-state index in [1.165, 1.54) is 29.6 Å². The predicted molar refractivity (Wildman–Crippen MR) is 121 cm³/mol. The van der Waals surface area contributed by atoms with E-state index in [-0.39, 0.29) is 8.59 Å². The summed E-state index contributed by atoms with van der Waals surface area (Å²) in [6.07, 6.45) is 17.1. The van der Waals surface area contributed by atoms with E-state index in [9.17, 15) is 0 Å². The minimum absolute atomic E-state index is 0.0882. The first-order chi connectivity index (χ1) is 12.7. The zero-order valence-corrected chi connectivity index (χ0v) is 24.6. The fraction of sp³-hybridized carbons (Fsp3) is 0.522. The number of hydrogen-bond acceptors (Lipinski definition) is 0. The van der Waals surface area contributed by atoms with Gasteiger partial charge in [0.25, 0.3) is 0 Å². The molecule has 3 aliphatic rings. The standard InChI is InChI=1S/C23H31Ge.2ClH.Hf/c1-7-15-23(4)21(18-12-8-9-13-18)19-14-10-11-16(2)17(3)20(19)22(23)24(5)6;;;/h8-12,14,17H,7,13,15H2,1-6H3;2*1H;/q;;;+2/p-2. The van der Waals surface area contributed by atoms with Crippen LogP contribution in [0, 0.1) is 11.3 Å². The van der Waals surface area contributed by atoms with Crippen molar-refractivity contribution in [3.05, 3.63) is 58.7 Å². The van der Waals surface area contributed by atoms with Crippen molar-refractivity contribution in [1.29, 1.82) is 0 Å². The molecule has 0 aromatic heterocycles. The van der Waals surface area contributed by atoms with Crippen molar-refractivity contribution in [1.82, 2.24) is 0 Å². The Labute approximate surface area is 184 Å². The molecule has 3 aliphatic carbocycles. The topological polar surface area (TPSA) is 0 Å². The monoisotopic (exact) mass is 631 g/mol. The van der Waals surface area contributed by atoms with Crippen molar-refractivity contribution in [2.45, 2.75) is 61.6 Å². The fourth-order valence-corrected chi connectivity index (χ4v) is 24.1. The summed E-state index contributed by atoms with van der Waals surface area (Å²) in [6, 6.07) is 0. The van der Waals surface area contributed by atoms with Crippen LogP contribution < -0.4 is 0 Å². The van der Waals surface area contributed by atoms with E-state index in [0.29, 0.717) is 5.92 Å².